The van der Waals surface area contributed by atoms with Crippen molar-refractivity contribution in [1.29, 1.82) is 0 Å². The first-order chi connectivity index (χ1) is 12.9. The van der Waals surface area contributed by atoms with Crippen molar-refractivity contribution in [3.8, 4) is 5.75 Å². The van der Waals surface area contributed by atoms with Crippen molar-refractivity contribution in [3.63, 3.8) is 0 Å². The maximum atomic E-state index is 12.2. The van der Waals surface area contributed by atoms with Crippen LogP contribution >= 0.6 is 0 Å². The molecule has 3 rings (SSSR count). The Morgan fingerprint density at radius 2 is 2.04 bits per heavy atom. The summed E-state index contributed by atoms with van der Waals surface area (Å²) in [4.78, 5) is 22.4. The average molecular weight is 367 g/mol. The molecule has 0 saturated carbocycles. The summed E-state index contributed by atoms with van der Waals surface area (Å²) in [6.07, 6.45) is 4.70. The van der Waals surface area contributed by atoms with Gasteiger partial charge in [0.05, 0.1) is 16.2 Å². The predicted octanol–water partition coefficient (Wildman–Crippen LogP) is 3.70. The van der Waals surface area contributed by atoms with Crippen LogP contribution in [-0.4, -0.2) is 20.5 Å². The van der Waals surface area contributed by atoms with Gasteiger partial charge in [-0.2, -0.15) is 5.10 Å². The second-order valence-corrected chi connectivity index (χ2v) is 5.84. The Bertz CT molecular complexity index is 999. The number of allylic oxidation sites excluding steroid dienone is 1. The molecule has 27 heavy (non-hydrogen) atoms. The number of carbonyl (C=O) groups excluding carboxylic acids is 1. The zero-order valence-electron chi connectivity index (χ0n) is 14.8. The molecule has 0 radical (unpaired) electrons. The Balaban J connectivity index is 1.58. The number of aromatic nitrogens is 2. The minimum Gasteiger partial charge on any atom is -0.486 e. The van der Waals surface area contributed by atoms with Gasteiger partial charge in [0.2, 0.25) is 0 Å². The fourth-order valence-corrected chi connectivity index (χ4v) is 2.47. The van der Waals surface area contributed by atoms with Crippen LogP contribution in [0.5, 0.6) is 5.75 Å². The van der Waals surface area contributed by atoms with Crippen molar-refractivity contribution in [1.82, 2.24) is 9.78 Å². The van der Waals surface area contributed by atoms with Gasteiger partial charge in [0.1, 0.15) is 23.9 Å². The lowest BCUT2D eigenvalue weighted by Gasteiger charge is -2.03. The van der Waals surface area contributed by atoms with Gasteiger partial charge in [-0.25, -0.2) is 0 Å². The lowest BCUT2D eigenvalue weighted by atomic mass is 10.1. The molecule has 0 unspecified atom stereocenters. The lowest BCUT2D eigenvalue weighted by molar-refractivity contribution is -0.384. The summed E-state index contributed by atoms with van der Waals surface area (Å²) in [5, 5.41) is 14.8. The molecule has 0 N–H and O–H groups in total. The van der Waals surface area contributed by atoms with Crippen LogP contribution in [0.25, 0.3) is 6.08 Å². The highest BCUT2D eigenvalue weighted by molar-refractivity contribution is 6.07. The van der Waals surface area contributed by atoms with E-state index in [-0.39, 0.29) is 18.1 Å². The molecule has 8 nitrogen and oxygen atoms in total. The fourth-order valence-electron chi connectivity index (χ4n) is 2.47. The Labute approximate surface area is 154 Å². The third-order valence-corrected chi connectivity index (χ3v) is 3.79. The number of non-ortho nitro benzene ring substituents is 1. The molecule has 1 aromatic carbocycles. The van der Waals surface area contributed by atoms with Crippen LogP contribution in [-0.2, 0) is 13.7 Å². The van der Waals surface area contributed by atoms with Crippen LogP contribution < -0.4 is 4.74 Å². The number of hydrogen-bond donors (Lipinski definition) is 0. The van der Waals surface area contributed by atoms with Crippen molar-refractivity contribution in [3.05, 3.63) is 81.6 Å². The van der Waals surface area contributed by atoms with Crippen molar-refractivity contribution < 1.29 is 18.9 Å². The first-order valence-electron chi connectivity index (χ1n) is 8.11. The molecule has 0 saturated heterocycles. The van der Waals surface area contributed by atoms with Gasteiger partial charge in [-0.3, -0.25) is 19.6 Å². The van der Waals surface area contributed by atoms with E-state index in [2.05, 4.69) is 5.10 Å². The molecule has 0 atom stereocenters. The van der Waals surface area contributed by atoms with Crippen LogP contribution in [0.3, 0.4) is 0 Å². The monoisotopic (exact) mass is 367 g/mol. The van der Waals surface area contributed by atoms with E-state index in [1.165, 1.54) is 30.3 Å². The largest absolute Gasteiger partial charge is 0.486 e. The average Bonchev–Trinajstić information content (AvgIpc) is 3.24. The van der Waals surface area contributed by atoms with Crippen LogP contribution in [0.2, 0.25) is 0 Å². The topological polar surface area (TPSA) is 100 Å². The molecule has 0 fully saturated rings. The van der Waals surface area contributed by atoms with Gasteiger partial charge >= 0.3 is 0 Å². The van der Waals surface area contributed by atoms with Crippen molar-refractivity contribution in [2.45, 2.75) is 13.5 Å². The zero-order chi connectivity index (χ0) is 19.4. The number of furan rings is 1. The molecule has 138 valence electrons. The molecule has 8 heteroatoms. The SMILES string of the molecule is Cc1nn(C)cc1C(=O)/C=C/c1ccc(COc2ccc([N+](=O)[O-])cc2)o1. The molecule has 0 spiro atoms. The minimum atomic E-state index is -0.469. The number of ketones is 1. The number of benzene rings is 1. The summed E-state index contributed by atoms with van der Waals surface area (Å²) in [6.45, 7) is 1.95. The first kappa shape index (κ1) is 18.1. The Morgan fingerprint density at radius 1 is 1.30 bits per heavy atom. The molecule has 2 heterocycles. The third-order valence-electron chi connectivity index (χ3n) is 3.79. The van der Waals surface area contributed by atoms with Crippen LogP contribution in [0, 0.1) is 17.0 Å². The van der Waals surface area contributed by atoms with E-state index in [1.807, 2.05) is 0 Å². The molecular formula is C19H17N3O5. The molecule has 0 amide bonds. The Morgan fingerprint density at radius 3 is 2.67 bits per heavy atom. The lowest BCUT2D eigenvalue weighted by Crippen LogP contribution is -1.94. The smallest absolute Gasteiger partial charge is 0.269 e. The number of nitrogens with zero attached hydrogens (tertiary/aromatic N) is 3. The van der Waals surface area contributed by atoms with Crippen molar-refractivity contribution >= 4 is 17.5 Å². The summed E-state index contributed by atoms with van der Waals surface area (Å²) in [5.41, 5.74) is 1.21. The number of nitro groups is 1. The second-order valence-electron chi connectivity index (χ2n) is 5.84. The van der Waals surface area contributed by atoms with Crippen LogP contribution in [0.15, 0.2) is 53.1 Å². The molecule has 3 aromatic rings. The van der Waals surface area contributed by atoms with E-state index in [0.29, 0.717) is 28.5 Å². The Hall–Kier alpha value is -3.68. The summed E-state index contributed by atoms with van der Waals surface area (Å²) < 4.78 is 12.7. The first-order valence-corrected chi connectivity index (χ1v) is 8.11. The van der Waals surface area contributed by atoms with Crippen molar-refractivity contribution in [2.75, 3.05) is 0 Å². The summed E-state index contributed by atoms with van der Waals surface area (Å²) >= 11 is 0. The number of hydrogen-bond acceptors (Lipinski definition) is 6. The summed E-state index contributed by atoms with van der Waals surface area (Å²) in [6, 6.07) is 9.27. The second kappa shape index (κ2) is 7.69. The standard InChI is InChI=1S/C19H17N3O5/c1-13-18(11-21(2)20-13)19(23)10-9-16-7-8-17(27-16)12-26-15-5-3-14(4-6-15)22(24)25/h3-11H,12H2,1-2H3/b10-9+. The molecule has 0 aliphatic carbocycles. The van der Waals surface area contributed by atoms with Crippen LogP contribution in [0.1, 0.15) is 27.6 Å². The minimum absolute atomic E-state index is 0.00120. The molecule has 0 bridgehead atoms. The van der Waals surface area contributed by atoms with E-state index in [0.717, 1.165) is 0 Å². The van der Waals surface area contributed by atoms with Crippen molar-refractivity contribution in [2.24, 2.45) is 7.05 Å². The zero-order valence-corrected chi connectivity index (χ0v) is 14.8. The fraction of sp³-hybridized carbons (Fsp3) is 0.158. The van der Waals surface area contributed by atoms with Gasteiger partial charge in [0.25, 0.3) is 5.69 Å². The number of nitro benzene ring substituents is 1. The van der Waals surface area contributed by atoms with E-state index in [1.54, 1.807) is 43.1 Å². The molecule has 0 aliphatic heterocycles. The highest BCUT2D eigenvalue weighted by atomic mass is 16.6. The number of rotatable bonds is 7. The van der Waals surface area contributed by atoms with Gasteiger partial charge in [-0.1, -0.05) is 0 Å². The van der Waals surface area contributed by atoms with Gasteiger partial charge < -0.3 is 9.15 Å². The maximum absolute atomic E-state index is 12.2. The van der Waals surface area contributed by atoms with E-state index >= 15 is 0 Å². The van der Waals surface area contributed by atoms with Gasteiger partial charge in [0.15, 0.2) is 5.78 Å². The maximum Gasteiger partial charge on any atom is 0.269 e. The molecular weight excluding hydrogens is 350 g/mol. The van der Waals surface area contributed by atoms with E-state index in [4.69, 9.17) is 9.15 Å². The highest BCUT2D eigenvalue weighted by Crippen LogP contribution is 2.19. The summed E-state index contributed by atoms with van der Waals surface area (Å²) in [7, 11) is 1.76. The van der Waals surface area contributed by atoms with Gasteiger partial charge in [-0.05, 0) is 43.3 Å². The normalized spacial score (nSPS) is 11.0. The highest BCUT2D eigenvalue weighted by Gasteiger charge is 2.10. The molecule has 0 aliphatic rings. The van der Waals surface area contributed by atoms with E-state index in [9.17, 15) is 14.9 Å². The predicted molar refractivity (Wildman–Crippen MR) is 97.4 cm³/mol. The van der Waals surface area contributed by atoms with Gasteiger partial charge in [-0.15, -0.1) is 0 Å². The van der Waals surface area contributed by atoms with Crippen LogP contribution in [0.4, 0.5) is 5.69 Å². The number of aryl methyl sites for hydroxylation is 2. The quantitative estimate of drug-likeness (QED) is 0.273. The number of ether oxygens (including phenoxy) is 1. The van der Waals surface area contributed by atoms with Gasteiger partial charge in [0, 0.05) is 25.4 Å². The third kappa shape index (κ3) is 4.49. The molecule has 2 aromatic heterocycles. The number of carbonyl (C=O) groups is 1. The Kier molecular flexibility index (Phi) is 5.16. The van der Waals surface area contributed by atoms with E-state index < -0.39 is 4.92 Å². The summed E-state index contributed by atoms with van der Waals surface area (Å²) in [5.74, 6) is 1.43.